The summed E-state index contributed by atoms with van der Waals surface area (Å²) >= 11 is 0. The number of aromatic nitrogens is 1. The van der Waals surface area contributed by atoms with E-state index in [2.05, 4.69) is 35.4 Å². The van der Waals surface area contributed by atoms with Crippen molar-refractivity contribution >= 4 is 16.8 Å². The minimum atomic E-state index is 0.0488. The third-order valence-corrected chi connectivity index (χ3v) is 4.94. The Hall–Kier alpha value is -2.59. The van der Waals surface area contributed by atoms with Crippen LogP contribution >= 0.6 is 0 Å². The van der Waals surface area contributed by atoms with Gasteiger partial charge in [-0.3, -0.25) is 4.79 Å². The third-order valence-electron chi connectivity index (χ3n) is 4.94. The van der Waals surface area contributed by atoms with E-state index in [1.54, 1.807) is 0 Å². The predicted molar refractivity (Wildman–Crippen MR) is 98.6 cm³/mol. The number of amides is 1. The molecule has 2 heterocycles. The van der Waals surface area contributed by atoms with Crippen molar-refractivity contribution in [3.05, 3.63) is 71.9 Å². The van der Waals surface area contributed by atoms with Crippen LogP contribution in [0.25, 0.3) is 10.9 Å². The first-order valence-electron chi connectivity index (χ1n) is 8.79. The molecule has 0 unspecified atom stereocenters. The number of morpholine rings is 1. The average molecular weight is 334 g/mol. The Balaban J connectivity index is 1.68. The number of carbonyl (C=O) groups excluding carboxylic acids is 1. The van der Waals surface area contributed by atoms with Crippen LogP contribution in [-0.4, -0.2) is 42.1 Å². The molecule has 0 bridgehead atoms. The molecule has 0 aliphatic carbocycles. The van der Waals surface area contributed by atoms with E-state index >= 15 is 0 Å². The van der Waals surface area contributed by atoms with Crippen molar-refractivity contribution in [3.8, 4) is 0 Å². The second kappa shape index (κ2) is 7.11. The fourth-order valence-electron chi connectivity index (χ4n) is 3.59. The van der Waals surface area contributed by atoms with Crippen molar-refractivity contribution in [1.82, 2.24) is 9.88 Å². The zero-order chi connectivity index (χ0) is 17.1. The number of nitrogens with one attached hydrogen (secondary N) is 1. The standard InChI is InChI=1S/C21H22N2O2/c24-21(23-10-12-25-13-11-23)14-18(16-6-2-1-3-7-16)19-15-22-20-9-5-4-8-17(19)20/h1-9,15,18,22H,10-14H2/t18-/m1/s1. The van der Waals surface area contributed by atoms with Gasteiger partial charge in [-0.2, -0.15) is 0 Å². The summed E-state index contributed by atoms with van der Waals surface area (Å²) in [5.41, 5.74) is 3.47. The third kappa shape index (κ3) is 3.30. The molecule has 128 valence electrons. The number of ether oxygens (including phenoxy) is 1. The molecule has 1 amide bonds. The molecule has 1 saturated heterocycles. The first-order chi connectivity index (χ1) is 12.3. The lowest BCUT2D eigenvalue weighted by Gasteiger charge is -2.28. The number of hydrogen-bond donors (Lipinski definition) is 1. The van der Waals surface area contributed by atoms with Gasteiger partial charge in [0.15, 0.2) is 0 Å². The van der Waals surface area contributed by atoms with Gasteiger partial charge in [-0.15, -0.1) is 0 Å². The Morgan fingerprint density at radius 2 is 1.76 bits per heavy atom. The molecule has 1 N–H and O–H groups in total. The van der Waals surface area contributed by atoms with Crippen LogP contribution in [0.5, 0.6) is 0 Å². The topological polar surface area (TPSA) is 45.3 Å². The summed E-state index contributed by atoms with van der Waals surface area (Å²) in [5, 5.41) is 1.19. The summed E-state index contributed by atoms with van der Waals surface area (Å²) in [5.74, 6) is 0.245. The monoisotopic (exact) mass is 334 g/mol. The fourth-order valence-corrected chi connectivity index (χ4v) is 3.59. The van der Waals surface area contributed by atoms with Crippen LogP contribution in [0.1, 0.15) is 23.5 Å². The van der Waals surface area contributed by atoms with Gasteiger partial charge >= 0.3 is 0 Å². The summed E-state index contributed by atoms with van der Waals surface area (Å²) in [6, 6.07) is 18.6. The molecular formula is C21H22N2O2. The molecule has 1 aromatic heterocycles. The largest absolute Gasteiger partial charge is 0.378 e. The predicted octanol–water partition coefficient (Wildman–Crippen LogP) is 3.55. The van der Waals surface area contributed by atoms with Crippen molar-refractivity contribution in [2.45, 2.75) is 12.3 Å². The summed E-state index contributed by atoms with van der Waals surface area (Å²) in [6.07, 6.45) is 2.53. The lowest BCUT2D eigenvalue weighted by Crippen LogP contribution is -2.41. The number of hydrogen-bond acceptors (Lipinski definition) is 2. The van der Waals surface area contributed by atoms with Gasteiger partial charge < -0.3 is 14.6 Å². The number of rotatable bonds is 4. The van der Waals surface area contributed by atoms with Crippen LogP contribution in [-0.2, 0) is 9.53 Å². The molecule has 0 radical (unpaired) electrons. The Morgan fingerprint density at radius 1 is 1.04 bits per heavy atom. The number of fused-ring (bicyclic) bond motifs is 1. The first-order valence-corrected chi connectivity index (χ1v) is 8.79. The fraction of sp³-hybridized carbons (Fsp3) is 0.286. The molecule has 1 fully saturated rings. The van der Waals surface area contributed by atoms with E-state index < -0.39 is 0 Å². The first kappa shape index (κ1) is 15.9. The van der Waals surface area contributed by atoms with E-state index in [9.17, 15) is 4.79 Å². The van der Waals surface area contributed by atoms with Crippen LogP contribution in [0.4, 0.5) is 0 Å². The Kier molecular flexibility index (Phi) is 4.53. The quantitative estimate of drug-likeness (QED) is 0.793. The van der Waals surface area contributed by atoms with Gasteiger partial charge in [0.1, 0.15) is 0 Å². The van der Waals surface area contributed by atoms with Crippen molar-refractivity contribution in [3.63, 3.8) is 0 Å². The molecular weight excluding hydrogens is 312 g/mol. The van der Waals surface area contributed by atoms with E-state index in [-0.39, 0.29) is 11.8 Å². The highest BCUT2D eigenvalue weighted by Crippen LogP contribution is 2.33. The molecule has 0 saturated carbocycles. The number of H-pyrrole nitrogens is 1. The summed E-state index contributed by atoms with van der Waals surface area (Å²) in [7, 11) is 0. The second-order valence-corrected chi connectivity index (χ2v) is 6.45. The van der Waals surface area contributed by atoms with Crippen LogP contribution in [0.15, 0.2) is 60.8 Å². The normalized spacial score (nSPS) is 16.1. The lowest BCUT2D eigenvalue weighted by atomic mass is 9.88. The summed E-state index contributed by atoms with van der Waals surface area (Å²) in [4.78, 5) is 18.1. The van der Waals surface area contributed by atoms with Gasteiger partial charge in [0.05, 0.1) is 13.2 Å². The molecule has 1 aliphatic heterocycles. The van der Waals surface area contributed by atoms with E-state index in [1.807, 2.05) is 35.2 Å². The van der Waals surface area contributed by atoms with E-state index in [1.165, 1.54) is 16.5 Å². The van der Waals surface area contributed by atoms with Gasteiger partial charge in [-0.25, -0.2) is 0 Å². The molecule has 25 heavy (non-hydrogen) atoms. The Labute approximate surface area is 147 Å². The SMILES string of the molecule is O=C(C[C@H](c1ccccc1)c1c[nH]c2ccccc12)N1CCOCC1. The van der Waals surface area contributed by atoms with Gasteiger partial charge in [-0.1, -0.05) is 48.5 Å². The van der Waals surface area contributed by atoms with Crippen molar-refractivity contribution in [2.24, 2.45) is 0 Å². The molecule has 3 aromatic rings. The molecule has 2 aromatic carbocycles. The number of aromatic amines is 1. The number of nitrogens with zero attached hydrogens (tertiary/aromatic N) is 1. The maximum Gasteiger partial charge on any atom is 0.223 e. The van der Waals surface area contributed by atoms with Crippen molar-refractivity contribution in [1.29, 1.82) is 0 Å². The molecule has 4 rings (SSSR count). The minimum Gasteiger partial charge on any atom is -0.378 e. The molecule has 0 spiro atoms. The van der Waals surface area contributed by atoms with Gasteiger partial charge in [-0.05, 0) is 17.2 Å². The molecule has 4 nitrogen and oxygen atoms in total. The number of carbonyl (C=O) groups is 1. The smallest absolute Gasteiger partial charge is 0.223 e. The van der Waals surface area contributed by atoms with E-state index in [0.29, 0.717) is 32.7 Å². The lowest BCUT2D eigenvalue weighted by molar-refractivity contribution is -0.135. The van der Waals surface area contributed by atoms with Crippen LogP contribution < -0.4 is 0 Å². The zero-order valence-corrected chi connectivity index (χ0v) is 14.2. The van der Waals surface area contributed by atoms with Gasteiger partial charge in [0.25, 0.3) is 0 Å². The number of benzene rings is 2. The molecule has 4 heteroatoms. The maximum atomic E-state index is 12.9. The Morgan fingerprint density at radius 3 is 2.56 bits per heavy atom. The highest BCUT2D eigenvalue weighted by atomic mass is 16.5. The zero-order valence-electron chi connectivity index (χ0n) is 14.2. The highest BCUT2D eigenvalue weighted by molar-refractivity contribution is 5.86. The summed E-state index contributed by atoms with van der Waals surface area (Å²) in [6.45, 7) is 2.64. The van der Waals surface area contributed by atoms with Crippen LogP contribution in [0.3, 0.4) is 0 Å². The van der Waals surface area contributed by atoms with Crippen LogP contribution in [0.2, 0.25) is 0 Å². The van der Waals surface area contributed by atoms with Gasteiger partial charge in [0, 0.05) is 42.5 Å². The second-order valence-electron chi connectivity index (χ2n) is 6.45. The van der Waals surface area contributed by atoms with E-state index in [0.717, 1.165) is 5.52 Å². The Bertz CT molecular complexity index is 850. The maximum absolute atomic E-state index is 12.9. The molecule has 1 aliphatic rings. The molecule has 1 atom stereocenters. The number of para-hydroxylation sites is 1. The van der Waals surface area contributed by atoms with Crippen molar-refractivity contribution < 1.29 is 9.53 Å². The van der Waals surface area contributed by atoms with Gasteiger partial charge in [0.2, 0.25) is 5.91 Å². The highest BCUT2D eigenvalue weighted by Gasteiger charge is 2.25. The van der Waals surface area contributed by atoms with Crippen LogP contribution in [0, 0.1) is 0 Å². The van der Waals surface area contributed by atoms with E-state index in [4.69, 9.17) is 4.74 Å². The minimum absolute atomic E-state index is 0.0488. The summed E-state index contributed by atoms with van der Waals surface area (Å²) < 4.78 is 5.37. The van der Waals surface area contributed by atoms with Crippen molar-refractivity contribution in [2.75, 3.05) is 26.3 Å². The average Bonchev–Trinajstić information content (AvgIpc) is 3.11.